The van der Waals surface area contributed by atoms with E-state index in [2.05, 4.69) is 37.0 Å². The molecule has 0 bridgehead atoms. The quantitative estimate of drug-likeness (QED) is 0.800. The van der Waals surface area contributed by atoms with Crippen LogP contribution < -0.4 is 0 Å². The summed E-state index contributed by atoms with van der Waals surface area (Å²) in [5.74, 6) is -0.303. The zero-order chi connectivity index (χ0) is 14.9. The summed E-state index contributed by atoms with van der Waals surface area (Å²) < 4.78 is 6.96. The average molecular weight is 403 g/mol. The van der Waals surface area contributed by atoms with E-state index < -0.39 is 5.97 Å². The summed E-state index contributed by atoms with van der Waals surface area (Å²) in [7, 11) is 0. The highest BCUT2D eigenvalue weighted by Gasteiger charge is 2.24. The molecule has 2 aromatic rings. The predicted molar refractivity (Wildman–Crippen MR) is 82.8 cm³/mol. The Balaban J connectivity index is 2.53. The first-order valence-corrected chi connectivity index (χ1v) is 7.66. The minimum absolute atomic E-state index is 0.146. The molecule has 0 amide bonds. The first-order chi connectivity index (χ1) is 9.40. The molecule has 1 heterocycles. The van der Waals surface area contributed by atoms with E-state index in [1.54, 1.807) is 6.07 Å². The Labute approximate surface area is 133 Å². The molecule has 0 unspecified atom stereocenters. The second-order valence-electron chi connectivity index (χ2n) is 4.86. The molecule has 0 saturated carbocycles. The van der Waals surface area contributed by atoms with Gasteiger partial charge in [-0.15, -0.1) is 0 Å². The lowest BCUT2D eigenvalue weighted by Gasteiger charge is -2.03. The molecular formula is C14H13Br2NO3. The Morgan fingerprint density at radius 2 is 2.05 bits per heavy atom. The maximum Gasteiger partial charge on any atom is 0.341 e. The van der Waals surface area contributed by atoms with Crippen LogP contribution in [0.3, 0.4) is 0 Å². The summed E-state index contributed by atoms with van der Waals surface area (Å²) in [5, 5.41) is 13.4. The van der Waals surface area contributed by atoms with Crippen LogP contribution in [0.25, 0.3) is 11.3 Å². The van der Waals surface area contributed by atoms with Crippen molar-refractivity contribution in [3.63, 3.8) is 0 Å². The second-order valence-corrected chi connectivity index (χ2v) is 6.57. The first kappa shape index (κ1) is 15.3. The van der Waals surface area contributed by atoms with E-state index in [0.717, 1.165) is 8.95 Å². The van der Waals surface area contributed by atoms with Gasteiger partial charge in [-0.2, -0.15) is 0 Å². The van der Waals surface area contributed by atoms with Gasteiger partial charge in [-0.05, 0) is 49.9 Å². The van der Waals surface area contributed by atoms with Crippen molar-refractivity contribution in [2.45, 2.75) is 20.3 Å². The molecule has 20 heavy (non-hydrogen) atoms. The highest BCUT2D eigenvalue weighted by atomic mass is 79.9. The van der Waals surface area contributed by atoms with Crippen molar-refractivity contribution in [3.05, 3.63) is 38.5 Å². The molecule has 0 saturated heterocycles. The molecule has 1 aromatic heterocycles. The smallest absolute Gasteiger partial charge is 0.341 e. The normalized spacial score (nSPS) is 11.1. The summed E-state index contributed by atoms with van der Waals surface area (Å²) >= 11 is 6.78. The third-order valence-corrected chi connectivity index (χ3v) is 4.64. The zero-order valence-electron chi connectivity index (χ0n) is 11.0. The maximum absolute atomic E-state index is 11.5. The molecule has 6 heteroatoms. The highest BCUT2D eigenvalue weighted by Crippen LogP contribution is 2.32. The Kier molecular flexibility index (Phi) is 4.65. The fourth-order valence-corrected chi connectivity index (χ4v) is 2.52. The zero-order valence-corrected chi connectivity index (χ0v) is 14.2. The van der Waals surface area contributed by atoms with Crippen molar-refractivity contribution in [3.8, 4) is 11.3 Å². The van der Waals surface area contributed by atoms with Crippen molar-refractivity contribution in [1.29, 1.82) is 0 Å². The Hall–Kier alpha value is -1.14. The number of hydrogen-bond acceptors (Lipinski definition) is 3. The highest BCUT2D eigenvalue weighted by molar-refractivity contribution is 9.13. The van der Waals surface area contributed by atoms with Gasteiger partial charge >= 0.3 is 5.97 Å². The Morgan fingerprint density at radius 1 is 1.35 bits per heavy atom. The molecule has 1 N–H and O–H groups in total. The monoisotopic (exact) mass is 401 g/mol. The van der Waals surface area contributed by atoms with Gasteiger partial charge in [-0.25, -0.2) is 4.79 Å². The number of aromatic nitrogens is 1. The van der Waals surface area contributed by atoms with Crippen LogP contribution in [0.2, 0.25) is 0 Å². The number of carboxylic acids is 1. The fourth-order valence-electron chi connectivity index (χ4n) is 1.90. The van der Waals surface area contributed by atoms with Gasteiger partial charge in [0.1, 0.15) is 11.3 Å². The summed E-state index contributed by atoms with van der Waals surface area (Å²) in [6.07, 6.45) is 0.548. The van der Waals surface area contributed by atoms with E-state index in [1.165, 1.54) is 0 Å². The predicted octanol–water partition coefficient (Wildman–Crippen LogP) is 4.76. The van der Waals surface area contributed by atoms with Crippen LogP contribution in [0.5, 0.6) is 0 Å². The van der Waals surface area contributed by atoms with E-state index in [9.17, 15) is 9.90 Å². The Morgan fingerprint density at radius 3 is 2.60 bits per heavy atom. The number of carbonyl (C=O) groups is 1. The molecule has 0 aliphatic carbocycles. The van der Waals surface area contributed by atoms with Crippen LogP contribution in [0.4, 0.5) is 0 Å². The van der Waals surface area contributed by atoms with Crippen LogP contribution in [0, 0.1) is 5.92 Å². The lowest BCUT2D eigenvalue weighted by Crippen LogP contribution is -2.04. The standard InChI is InChI=1S/C14H13Br2NO3/c1-7(2)5-11-12(14(18)19)13(17-20-11)8-3-4-9(15)10(16)6-8/h3-4,6-7H,5H2,1-2H3,(H,18,19). The van der Waals surface area contributed by atoms with Crippen molar-refractivity contribution < 1.29 is 14.4 Å². The van der Waals surface area contributed by atoms with Gasteiger partial charge < -0.3 is 9.63 Å². The van der Waals surface area contributed by atoms with Crippen molar-refractivity contribution in [2.75, 3.05) is 0 Å². The van der Waals surface area contributed by atoms with Crippen molar-refractivity contribution >= 4 is 37.8 Å². The molecule has 0 atom stereocenters. The van der Waals surface area contributed by atoms with Gasteiger partial charge in [0.15, 0.2) is 5.76 Å². The second kappa shape index (κ2) is 6.10. The molecule has 0 spiro atoms. The number of nitrogens with zero attached hydrogens (tertiary/aromatic N) is 1. The molecule has 0 radical (unpaired) electrons. The van der Waals surface area contributed by atoms with E-state index >= 15 is 0 Å². The lowest BCUT2D eigenvalue weighted by atomic mass is 10.0. The summed E-state index contributed by atoms with van der Waals surface area (Å²) in [6, 6.07) is 5.45. The number of halogens is 2. The topological polar surface area (TPSA) is 63.3 Å². The van der Waals surface area contributed by atoms with Gasteiger partial charge in [0.05, 0.1) is 0 Å². The first-order valence-electron chi connectivity index (χ1n) is 6.07. The van der Waals surface area contributed by atoms with Gasteiger partial charge in [-0.1, -0.05) is 25.1 Å². The minimum Gasteiger partial charge on any atom is -0.477 e. The fraction of sp³-hybridized carbons (Fsp3) is 0.286. The van der Waals surface area contributed by atoms with Gasteiger partial charge in [0.2, 0.25) is 0 Å². The number of benzene rings is 1. The van der Waals surface area contributed by atoms with Crippen LogP contribution in [0.1, 0.15) is 30.0 Å². The number of hydrogen-bond donors (Lipinski definition) is 1. The molecule has 0 fully saturated rings. The molecular weight excluding hydrogens is 390 g/mol. The van der Waals surface area contributed by atoms with Crippen molar-refractivity contribution in [2.24, 2.45) is 5.92 Å². The summed E-state index contributed by atoms with van der Waals surface area (Å²) in [4.78, 5) is 11.5. The van der Waals surface area contributed by atoms with E-state index in [0.29, 0.717) is 29.4 Å². The van der Waals surface area contributed by atoms with E-state index in [-0.39, 0.29) is 5.56 Å². The van der Waals surface area contributed by atoms with E-state index in [4.69, 9.17) is 4.52 Å². The Bertz CT molecular complexity index is 650. The molecule has 0 aliphatic rings. The number of rotatable bonds is 4. The average Bonchev–Trinajstić information content (AvgIpc) is 2.75. The molecule has 0 aliphatic heterocycles. The molecule has 106 valence electrons. The van der Waals surface area contributed by atoms with Crippen LogP contribution in [0.15, 0.2) is 31.7 Å². The van der Waals surface area contributed by atoms with Crippen LogP contribution in [-0.2, 0) is 6.42 Å². The largest absolute Gasteiger partial charge is 0.477 e. The van der Waals surface area contributed by atoms with Gasteiger partial charge in [0, 0.05) is 20.9 Å². The van der Waals surface area contributed by atoms with Gasteiger partial charge in [0.25, 0.3) is 0 Å². The lowest BCUT2D eigenvalue weighted by molar-refractivity contribution is 0.0695. The summed E-state index contributed by atoms with van der Waals surface area (Å²) in [6.45, 7) is 4.01. The summed E-state index contributed by atoms with van der Waals surface area (Å²) in [5.41, 5.74) is 1.21. The van der Waals surface area contributed by atoms with Gasteiger partial charge in [-0.3, -0.25) is 0 Å². The number of carboxylic acid groups (broad SMARTS) is 1. The maximum atomic E-state index is 11.5. The van der Waals surface area contributed by atoms with E-state index in [1.807, 2.05) is 26.0 Å². The third-order valence-electron chi connectivity index (χ3n) is 2.76. The minimum atomic E-state index is -1.02. The third kappa shape index (κ3) is 3.12. The van der Waals surface area contributed by atoms with Crippen molar-refractivity contribution in [1.82, 2.24) is 5.16 Å². The molecule has 1 aromatic carbocycles. The van der Waals surface area contributed by atoms with Crippen LogP contribution >= 0.6 is 31.9 Å². The number of aromatic carboxylic acids is 1. The van der Waals surface area contributed by atoms with Crippen LogP contribution in [-0.4, -0.2) is 16.2 Å². The molecule has 4 nitrogen and oxygen atoms in total. The SMILES string of the molecule is CC(C)Cc1onc(-c2ccc(Br)c(Br)c2)c1C(=O)O. The molecule has 2 rings (SSSR count).